The van der Waals surface area contributed by atoms with Gasteiger partial charge >= 0.3 is 0 Å². The van der Waals surface area contributed by atoms with E-state index in [0.717, 1.165) is 0 Å². The maximum atomic E-state index is 2.41. The standard InChI is InChI=1S/C42H26S/c1-2-9-28-27(8-1)24-38(30-11-4-3-10-29(28)30)32-21-17-26-18-22-34-31(20-16-25-19-23-35(32)41(26)40(25)34)36-13-7-14-37-33-12-5-6-15-39(33)43-42(36)37/h1-24,40-41H. The van der Waals surface area contributed by atoms with Crippen LogP contribution in [-0.4, -0.2) is 0 Å². The molecule has 0 fully saturated rings. The summed E-state index contributed by atoms with van der Waals surface area (Å²) in [6.07, 6.45) is 19.0. The van der Waals surface area contributed by atoms with E-state index in [4.69, 9.17) is 0 Å². The summed E-state index contributed by atoms with van der Waals surface area (Å²) in [6, 6.07) is 35.8. The Morgan fingerprint density at radius 3 is 2.14 bits per heavy atom. The van der Waals surface area contributed by atoms with Crippen LogP contribution in [0.2, 0.25) is 0 Å². The quantitative estimate of drug-likeness (QED) is 0.184. The zero-order chi connectivity index (χ0) is 28.1. The normalized spacial score (nSPS) is 20.4. The van der Waals surface area contributed by atoms with Crippen LogP contribution in [0.4, 0.5) is 0 Å². The van der Waals surface area contributed by atoms with E-state index in [1.165, 1.54) is 86.3 Å². The zero-order valence-corrected chi connectivity index (χ0v) is 24.2. The molecule has 0 bridgehead atoms. The molecule has 0 aliphatic heterocycles. The second-order valence-corrected chi connectivity index (χ2v) is 13.1. The summed E-state index contributed by atoms with van der Waals surface area (Å²) in [5, 5.41) is 7.97. The molecule has 6 aromatic rings. The van der Waals surface area contributed by atoms with Gasteiger partial charge in [-0.1, -0.05) is 134 Å². The van der Waals surface area contributed by atoms with Gasteiger partial charge in [0.25, 0.3) is 0 Å². The summed E-state index contributed by atoms with van der Waals surface area (Å²) in [5.41, 5.74) is 11.1. The van der Waals surface area contributed by atoms with Gasteiger partial charge in [-0.25, -0.2) is 0 Å². The Kier molecular flexibility index (Phi) is 4.80. The number of hydrogen-bond donors (Lipinski definition) is 0. The fourth-order valence-corrected chi connectivity index (χ4v) is 9.23. The highest BCUT2D eigenvalue weighted by Crippen LogP contribution is 2.55. The summed E-state index contributed by atoms with van der Waals surface area (Å²) in [4.78, 5) is 0. The minimum atomic E-state index is 0.312. The fourth-order valence-electron chi connectivity index (χ4n) is 8.00. The highest BCUT2D eigenvalue weighted by atomic mass is 32.1. The molecule has 0 spiro atoms. The van der Waals surface area contributed by atoms with Crippen LogP contribution < -0.4 is 0 Å². The molecule has 1 heterocycles. The van der Waals surface area contributed by atoms with Gasteiger partial charge in [0.05, 0.1) is 0 Å². The molecular weight excluding hydrogens is 537 g/mol. The predicted molar refractivity (Wildman–Crippen MR) is 185 cm³/mol. The third kappa shape index (κ3) is 3.26. The molecule has 0 radical (unpaired) electrons. The van der Waals surface area contributed by atoms with Crippen molar-refractivity contribution in [2.24, 2.45) is 11.8 Å². The molecule has 10 rings (SSSR count). The Morgan fingerprint density at radius 2 is 1.21 bits per heavy atom. The van der Waals surface area contributed by atoms with E-state index in [1.807, 2.05) is 11.3 Å². The summed E-state index contributed by atoms with van der Waals surface area (Å²) >= 11 is 1.92. The summed E-state index contributed by atoms with van der Waals surface area (Å²) in [5.74, 6) is 0.628. The minimum Gasteiger partial charge on any atom is -0.135 e. The number of benzene rings is 5. The summed E-state index contributed by atoms with van der Waals surface area (Å²) in [7, 11) is 0. The molecule has 43 heavy (non-hydrogen) atoms. The van der Waals surface area contributed by atoms with Gasteiger partial charge < -0.3 is 0 Å². The maximum Gasteiger partial charge on any atom is 0.0433 e. The van der Waals surface area contributed by atoms with Crippen molar-refractivity contribution in [3.8, 4) is 0 Å². The summed E-state index contributed by atoms with van der Waals surface area (Å²) < 4.78 is 2.74. The molecule has 5 aromatic carbocycles. The average molecular weight is 563 g/mol. The number of fused-ring (bicyclic) bond motifs is 6. The Balaban J connectivity index is 1.17. The van der Waals surface area contributed by atoms with E-state index < -0.39 is 0 Å². The molecule has 4 aliphatic rings. The van der Waals surface area contributed by atoms with E-state index >= 15 is 0 Å². The van der Waals surface area contributed by atoms with Crippen molar-refractivity contribution >= 4 is 64.2 Å². The van der Waals surface area contributed by atoms with Crippen LogP contribution in [0.3, 0.4) is 0 Å². The van der Waals surface area contributed by atoms with Crippen molar-refractivity contribution in [1.29, 1.82) is 0 Å². The van der Waals surface area contributed by atoms with Crippen LogP contribution in [0.15, 0.2) is 168 Å². The first kappa shape index (κ1) is 23.6. The van der Waals surface area contributed by atoms with Crippen LogP contribution in [-0.2, 0) is 0 Å². The third-order valence-electron chi connectivity index (χ3n) is 9.89. The average Bonchev–Trinajstić information content (AvgIpc) is 3.46. The predicted octanol–water partition coefficient (Wildman–Crippen LogP) is 11.4. The number of hydrogen-bond acceptors (Lipinski definition) is 1. The van der Waals surface area contributed by atoms with E-state index in [-0.39, 0.29) is 0 Å². The van der Waals surface area contributed by atoms with Gasteiger partial charge in [-0.05, 0) is 78.2 Å². The Hall–Kier alpha value is -4.98. The van der Waals surface area contributed by atoms with E-state index in [2.05, 4.69) is 146 Å². The van der Waals surface area contributed by atoms with Gasteiger partial charge in [-0.15, -0.1) is 11.3 Å². The van der Waals surface area contributed by atoms with E-state index in [1.54, 1.807) is 0 Å². The molecule has 4 aliphatic carbocycles. The Morgan fingerprint density at radius 1 is 0.488 bits per heavy atom. The van der Waals surface area contributed by atoms with Gasteiger partial charge in [-0.3, -0.25) is 0 Å². The monoisotopic (exact) mass is 562 g/mol. The first-order chi connectivity index (χ1) is 21.3. The Labute approximate surface area is 254 Å². The van der Waals surface area contributed by atoms with Gasteiger partial charge in [0.1, 0.15) is 0 Å². The lowest BCUT2D eigenvalue weighted by molar-refractivity contribution is 0.569. The molecule has 1 heteroatoms. The van der Waals surface area contributed by atoms with Crippen molar-refractivity contribution in [1.82, 2.24) is 0 Å². The lowest BCUT2D eigenvalue weighted by Gasteiger charge is -2.42. The number of rotatable bonds is 2. The molecule has 0 nitrogen and oxygen atoms in total. The molecule has 1 aromatic heterocycles. The first-order valence-corrected chi connectivity index (χ1v) is 15.9. The van der Waals surface area contributed by atoms with Crippen molar-refractivity contribution in [3.05, 3.63) is 179 Å². The van der Waals surface area contributed by atoms with Crippen LogP contribution in [0.25, 0.3) is 52.9 Å². The Bertz CT molecular complexity index is 2450. The van der Waals surface area contributed by atoms with Crippen molar-refractivity contribution < 1.29 is 0 Å². The fraction of sp³-hybridized carbons (Fsp3) is 0.0476. The van der Waals surface area contributed by atoms with Crippen molar-refractivity contribution in [3.63, 3.8) is 0 Å². The smallest absolute Gasteiger partial charge is 0.0433 e. The topological polar surface area (TPSA) is 0 Å². The highest BCUT2D eigenvalue weighted by molar-refractivity contribution is 7.26. The second-order valence-electron chi connectivity index (χ2n) is 12.0. The molecule has 2 atom stereocenters. The largest absolute Gasteiger partial charge is 0.135 e. The van der Waals surface area contributed by atoms with Gasteiger partial charge in [0.15, 0.2) is 0 Å². The maximum absolute atomic E-state index is 2.41. The van der Waals surface area contributed by atoms with Crippen molar-refractivity contribution in [2.75, 3.05) is 0 Å². The lowest BCUT2D eigenvalue weighted by Crippen LogP contribution is -2.30. The van der Waals surface area contributed by atoms with E-state index in [0.29, 0.717) is 11.8 Å². The summed E-state index contributed by atoms with van der Waals surface area (Å²) in [6.45, 7) is 0. The van der Waals surface area contributed by atoms with Crippen molar-refractivity contribution in [2.45, 2.75) is 0 Å². The van der Waals surface area contributed by atoms with Crippen LogP contribution >= 0.6 is 11.3 Å². The molecule has 0 saturated carbocycles. The van der Waals surface area contributed by atoms with Gasteiger partial charge in [0, 0.05) is 32.0 Å². The SMILES string of the molecule is C1=CC2=C(c3cc4ccccc4c4ccccc34)C=CC3=CC=C4C(c5cccc6c5sc5ccccc56)=CC=C1C4C32. The van der Waals surface area contributed by atoms with Gasteiger partial charge in [0.2, 0.25) is 0 Å². The van der Waals surface area contributed by atoms with E-state index in [9.17, 15) is 0 Å². The van der Waals surface area contributed by atoms with Crippen LogP contribution in [0.1, 0.15) is 11.1 Å². The van der Waals surface area contributed by atoms with Crippen LogP contribution in [0.5, 0.6) is 0 Å². The first-order valence-electron chi connectivity index (χ1n) is 15.1. The number of thiophene rings is 1. The molecule has 0 amide bonds. The second kappa shape index (κ2) is 8.77. The molecule has 200 valence electrons. The molecule has 0 N–H and O–H groups in total. The highest BCUT2D eigenvalue weighted by Gasteiger charge is 2.41. The third-order valence-corrected chi connectivity index (χ3v) is 11.1. The molecular formula is C42H26S. The number of allylic oxidation sites excluding steroid dienone is 14. The lowest BCUT2D eigenvalue weighted by atomic mass is 9.61. The molecule has 0 saturated heterocycles. The molecule has 2 unspecified atom stereocenters. The van der Waals surface area contributed by atoms with Gasteiger partial charge in [-0.2, -0.15) is 0 Å². The minimum absolute atomic E-state index is 0.312. The zero-order valence-electron chi connectivity index (χ0n) is 23.4. The van der Waals surface area contributed by atoms with Crippen LogP contribution in [0, 0.1) is 11.8 Å².